The maximum absolute atomic E-state index is 9.36. The molecule has 2 fully saturated rings. The topological polar surface area (TPSA) is 59.8 Å². The molecule has 1 saturated heterocycles. The van der Waals surface area contributed by atoms with Crippen LogP contribution in [0.3, 0.4) is 0 Å². The van der Waals surface area contributed by atoms with Gasteiger partial charge in [-0.2, -0.15) is 0 Å². The Morgan fingerprint density at radius 2 is 1.89 bits per heavy atom. The first-order valence-corrected chi connectivity index (χ1v) is 6.99. The molecule has 5 heteroatoms. The summed E-state index contributed by atoms with van der Waals surface area (Å²) < 4.78 is 0. The highest BCUT2D eigenvalue weighted by molar-refractivity contribution is 5.39. The van der Waals surface area contributed by atoms with E-state index in [1.54, 1.807) is 6.20 Å². The van der Waals surface area contributed by atoms with Gasteiger partial charge in [-0.25, -0.2) is 4.98 Å². The van der Waals surface area contributed by atoms with Gasteiger partial charge in [-0.15, -0.1) is 0 Å². The van der Waals surface area contributed by atoms with E-state index in [4.69, 9.17) is 5.11 Å². The number of aliphatic hydroxyl groups excluding tert-OH is 2. The Balaban J connectivity index is 1.54. The van der Waals surface area contributed by atoms with Crippen LogP contribution in [0.25, 0.3) is 0 Å². The van der Waals surface area contributed by atoms with Crippen molar-refractivity contribution in [3.05, 3.63) is 23.9 Å². The zero-order valence-corrected chi connectivity index (χ0v) is 11.1. The lowest BCUT2D eigenvalue weighted by molar-refractivity contribution is -0.000410. The molecule has 3 rings (SSSR count). The molecule has 1 aliphatic carbocycles. The van der Waals surface area contributed by atoms with Crippen LogP contribution in [0.1, 0.15) is 18.4 Å². The lowest BCUT2D eigenvalue weighted by atomic mass is 9.88. The van der Waals surface area contributed by atoms with Crippen LogP contribution < -0.4 is 4.90 Å². The number of hydrogen-bond acceptors (Lipinski definition) is 5. The first-order valence-electron chi connectivity index (χ1n) is 6.99. The van der Waals surface area contributed by atoms with Crippen molar-refractivity contribution >= 4 is 5.82 Å². The van der Waals surface area contributed by atoms with E-state index in [2.05, 4.69) is 14.8 Å². The van der Waals surface area contributed by atoms with Gasteiger partial charge in [0, 0.05) is 38.4 Å². The molecule has 2 N–H and O–H groups in total. The summed E-state index contributed by atoms with van der Waals surface area (Å²) in [5.74, 6) is 0.991. The smallest absolute Gasteiger partial charge is 0.128 e. The summed E-state index contributed by atoms with van der Waals surface area (Å²) in [5, 5.41) is 18.4. The Morgan fingerprint density at radius 3 is 2.42 bits per heavy atom. The fourth-order valence-corrected chi connectivity index (χ4v) is 2.87. The lowest BCUT2D eigenvalue weighted by Crippen LogP contribution is -2.55. The van der Waals surface area contributed by atoms with Crippen LogP contribution in [-0.2, 0) is 6.61 Å². The second-order valence-corrected chi connectivity index (χ2v) is 5.48. The van der Waals surface area contributed by atoms with Gasteiger partial charge in [0.1, 0.15) is 5.82 Å². The minimum absolute atomic E-state index is 0.0467. The number of piperazine rings is 1. The number of aromatic nitrogens is 1. The highest BCUT2D eigenvalue weighted by Gasteiger charge is 2.33. The van der Waals surface area contributed by atoms with Crippen LogP contribution in [0.2, 0.25) is 0 Å². The van der Waals surface area contributed by atoms with Crippen molar-refractivity contribution in [2.45, 2.75) is 31.6 Å². The van der Waals surface area contributed by atoms with Crippen LogP contribution in [0.4, 0.5) is 5.82 Å². The molecule has 0 unspecified atom stereocenters. The first kappa shape index (κ1) is 12.8. The zero-order valence-electron chi connectivity index (χ0n) is 11.1. The summed E-state index contributed by atoms with van der Waals surface area (Å²) >= 11 is 0. The Hall–Kier alpha value is -1.17. The average molecular weight is 263 g/mol. The standard InChI is InChI=1S/C14H21N3O2/c18-10-11-1-2-14(15-9-11)17-5-3-16(4-6-17)12-7-13(19)8-12/h1-2,9,12-13,18-19H,3-8,10H2. The zero-order chi connectivity index (χ0) is 13.2. The molecule has 2 aliphatic rings. The van der Waals surface area contributed by atoms with Crippen LogP contribution in [0.15, 0.2) is 18.3 Å². The van der Waals surface area contributed by atoms with Crippen molar-refractivity contribution in [3.8, 4) is 0 Å². The quantitative estimate of drug-likeness (QED) is 0.817. The SMILES string of the molecule is OCc1ccc(N2CCN(C3CC(O)C3)CC2)nc1. The van der Waals surface area contributed by atoms with Gasteiger partial charge in [-0.05, 0) is 24.5 Å². The summed E-state index contributed by atoms with van der Waals surface area (Å²) in [5.41, 5.74) is 0.853. The van der Waals surface area contributed by atoms with Gasteiger partial charge >= 0.3 is 0 Å². The highest BCUT2D eigenvalue weighted by Crippen LogP contribution is 2.27. The molecule has 1 aromatic heterocycles. The third-order valence-corrected chi connectivity index (χ3v) is 4.23. The van der Waals surface area contributed by atoms with Gasteiger partial charge in [0.05, 0.1) is 12.7 Å². The summed E-state index contributed by atoms with van der Waals surface area (Å²) in [6.07, 6.45) is 3.53. The van der Waals surface area contributed by atoms with E-state index in [-0.39, 0.29) is 12.7 Å². The maximum atomic E-state index is 9.36. The molecule has 1 aromatic rings. The van der Waals surface area contributed by atoms with E-state index >= 15 is 0 Å². The van der Waals surface area contributed by atoms with Gasteiger partial charge in [-0.3, -0.25) is 4.90 Å². The third-order valence-electron chi connectivity index (χ3n) is 4.23. The highest BCUT2D eigenvalue weighted by atomic mass is 16.3. The van der Waals surface area contributed by atoms with Crippen molar-refractivity contribution in [3.63, 3.8) is 0 Å². The molecular formula is C14H21N3O2. The van der Waals surface area contributed by atoms with Crippen LogP contribution in [0.5, 0.6) is 0 Å². The molecule has 0 amide bonds. The second kappa shape index (κ2) is 5.45. The monoisotopic (exact) mass is 263 g/mol. The van der Waals surface area contributed by atoms with Crippen molar-refractivity contribution in [2.75, 3.05) is 31.1 Å². The molecule has 1 saturated carbocycles. The van der Waals surface area contributed by atoms with Crippen molar-refractivity contribution in [1.82, 2.24) is 9.88 Å². The number of anilines is 1. The number of hydrogen-bond donors (Lipinski definition) is 2. The predicted octanol–water partition coefficient (Wildman–Crippen LogP) is 0.219. The van der Waals surface area contributed by atoms with E-state index in [9.17, 15) is 5.11 Å². The minimum Gasteiger partial charge on any atom is -0.393 e. The summed E-state index contributed by atoms with van der Waals surface area (Å²) in [6, 6.07) is 4.49. The van der Waals surface area contributed by atoms with Gasteiger partial charge in [0.2, 0.25) is 0 Å². The minimum atomic E-state index is -0.0734. The van der Waals surface area contributed by atoms with Crippen LogP contribution >= 0.6 is 0 Å². The van der Waals surface area contributed by atoms with Gasteiger partial charge in [-0.1, -0.05) is 6.07 Å². The summed E-state index contributed by atoms with van der Waals surface area (Å²) in [6.45, 7) is 4.10. The maximum Gasteiger partial charge on any atom is 0.128 e. The third kappa shape index (κ3) is 2.73. The molecule has 104 valence electrons. The van der Waals surface area contributed by atoms with Crippen molar-refractivity contribution in [1.29, 1.82) is 0 Å². The summed E-state index contributed by atoms with van der Waals surface area (Å²) in [4.78, 5) is 9.16. The first-order chi connectivity index (χ1) is 9.26. The lowest BCUT2D eigenvalue weighted by Gasteiger charge is -2.45. The molecule has 19 heavy (non-hydrogen) atoms. The Morgan fingerprint density at radius 1 is 1.16 bits per heavy atom. The molecule has 2 heterocycles. The van der Waals surface area contributed by atoms with E-state index in [0.717, 1.165) is 50.4 Å². The molecular weight excluding hydrogens is 242 g/mol. The Labute approximate surface area is 113 Å². The van der Waals surface area contributed by atoms with E-state index < -0.39 is 0 Å². The molecule has 0 radical (unpaired) electrons. The second-order valence-electron chi connectivity index (χ2n) is 5.48. The number of rotatable bonds is 3. The number of pyridine rings is 1. The van der Waals surface area contributed by atoms with E-state index in [1.807, 2.05) is 12.1 Å². The molecule has 0 spiro atoms. The van der Waals surface area contributed by atoms with Gasteiger partial charge in [0.15, 0.2) is 0 Å². The molecule has 5 nitrogen and oxygen atoms in total. The Kier molecular flexibility index (Phi) is 3.68. The van der Waals surface area contributed by atoms with Crippen molar-refractivity contribution in [2.24, 2.45) is 0 Å². The van der Waals surface area contributed by atoms with Crippen molar-refractivity contribution < 1.29 is 10.2 Å². The predicted molar refractivity (Wildman–Crippen MR) is 73.0 cm³/mol. The van der Waals surface area contributed by atoms with E-state index in [0.29, 0.717) is 6.04 Å². The average Bonchev–Trinajstić information content (AvgIpc) is 2.44. The van der Waals surface area contributed by atoms with Gasteiger partial charge in [0.25, 0.3) is 0 Å². The fourth-order valence-electron chi connectivity index (χ4n) is 2.87. The van der Waals surface area contributed by atoms with Gasteiger partial charge < -0.3 is 15.1 Å². The molecule has 0 bridgehead atoms. The Bertz CT molecular complexity index is 409. The van der Waals surface area contributed by atoms with Crippen LogP contribution in [0, 0.1) is 0 Å². The van der Waals surface area contributed by atoms with Crippen LogP contribution in [-0.4, -0.2) is 58.4 Å². The molecule has 0 atom stereocenters. The number of aliphatic hydroxyl groups is 2. The molecule has 0 aromatic carbocycles. The normalized spacial score (nSPS) is 28.2. The van der Waals surface area contributed by atoms with E-state index in [1.165, 1.54) is 0 Å². The number of nitrogens with zero attached hydrogens (tertiary/aromatic N) is 3. The fraction of sp³-hybridized carbons (Fsp3) is 0.643. The largest absolute Gasteiger partial charge is 0.393 e. The summed E-state index contributed by atoms with van der Waals surface area (Å²) in [7, 11) is 0. The molecule has 1 aliphatic heterocycles.